The number of nitrogens with one attached hydrogen (secondary N) is 2. The van der Waals surface area contributed by atoms with E-state index in [9.17, 15) is 5.11 Å². The molecule has 1 heterocycles. The van der Waals surface area contributed by atoms with Crippen LogP contribution in [0, 0.1) is 34.0 Å². The fourth-order valence-corrected chi connectivity index (χ4v) is 2.03. The van der Waals surface area contributed by atoms with Gasteiger partial charge in [0.05, 0.1) is 17.1 Å². The fourth-order valence-electron chi connectivity index (χ4n) is 2.03. The number of aliphatic hydroxyl groups excluding tert-OH is 1. The zero-order valence-electron chi connectivity index (χ0n) is 12.5. The molecule has 0 spiro atoms. The summed E-state index contributed by atoms with van der Waals surface area (Å²) in [6.07, 6.45) is 0.852. The Morgan fingerprint density at radius 3 is 2.65 bits per heavy atom. The Morgan fingerprint density at radius 1 is 1.30 bits per heavy atom. The average molecular weight is 306 g/mol. The average Bonchev–Trinajstić information content (AvgIpc) is 2.95. The normalized spacial score (nSPS) is 11.1. The lowest BCUT2D eigenvalue weighted by molar-refractivity contribution is 0.184. The van der Waals surface area contributed by atoms with Crippen LogP contribution in [0.25, 0.3) is 11.0 Å². The number of rotatable bonds is 5. The first-order chi connectivity index (χ1) is 11.1. The van der Waals surface area contributed by atoms with Crippen molar-refractivity contribution in [2.24, 2.45) is 0 Å². The zero-order valence-corrected chi connectivity index (χ0v) is 12.5. The molecule has 0 radical (unpaired) electrons. The lowest BCUT2D eigenvalue weighted by Gasteiger charge is -2.04. The van der Waals surface area contributed by atoms with Gasteiger partial charge in [0.15, 0.2) is 5.57 Å². The van der Waals surface area contributed by atoms with E-state index in [1.54, 1.807) is 37.3 Å². The van der Waals surface area contributed by atoms with Crippen molar-refractivity contribution in [3.8, 4) is 18.2 Å². The third-order valence-electron chi connectivity index (χ3n) is 3.18. The van der Waals surface area contributed by atoms with Crippen LogP contribution in [0.2, 0.25) is 0 Å². The fraction of sp³-hybridized carbons (Fsp3) is 0.250. The van der Waals surface area contributed by atoms with Gasteiger partial charge in [0.2, 0.25) is 0 Å². The first-order valence-corrected chi connectivity index (χ1v) is 6.95. The number of aryl methyl sites for hydroxylation is 1. The summed E-state index contributed by atoms with van der Waals surface area (Å²) in [5.41, 5.74) is 1.74. The van der Waals surface area contributed by atoms with Gasteiger partial charge in [-0.1, -0.05) is 0 Å². The van der Waals surface area contributed by atoms with Crippen LogP contribution < -0.4 is 5.32 Å². The summed E-state index contributed by atoms with van der Waals surface area (Å²) in [7, 11) is 0. The predicted octanol–water partition coefficient (Wildman–Crippen LogP) is 2.11. The molecule has 7 heteroatoms. The van der Waals surface area contributed by atoms with Gasteiger partial charge in [-0.05, 0) is 31.5 Å². The van der Waals surface area contributed by atoms with Crippen LogP contribution in [0.3, 0.4) is 0 Å². The number of hydrogen-bond donors (Lipinski definition) is 3. The summed E-state index contributed by atoms with van der Waals surface area (Å²) < 4.78 is 0. The minimum Gasteiger partial charge on any atom is -0.393 e. The molecule has 1 aromatic heterocycles. The molecule has 0 aliphatic rings. The highest BCUT2D eigenvalue weighted by atomic mass is 16.3. The molecule has 3 N–H and O–H groups in total. The van der Waals surface area contributed by atoms with Crippen LogP contribution in [0.15, 0.2) is 29.5 Å². The Morgan fingerprint density at radius 2 is 2.04 bits per heavy atom. The quantitative estimate of drug-likeness (QED) is 0.725. The highest BCUT2D eigenvalue weighted by Crippen LogP contribution is 2.20. The third-order valence-corrected chi connectivity index (χ3v) is 3.18. The smallest absolute Gasteiger partial charge is 0.163 e. The van der Waals surface area contributed by atoms with E-state index >= 15 is 0 Å². The van der Waals surface area contributed by atoms with Crippen molar-refractivity contribution in [1.82, 2.24) is 9.97 Å². The van der Waals surface area contributed by atoms with E-state index in [2.05, 4.69) is 15.3 Å². The molecule has 0 saturated heterocycles. The Kier molecular flexibility index (Phi) is 4.94. The first-order valence-electron chi connectivity index (χ1n) is 6.95. The minimum absolute atomic E-state index is 0.0943. The molecular weight excluding hydrogens is 292 g/mol. The monoisotopic (exact) mass is 306 g/mol. The largest absolute Gasteiger partial charge is 0.393 e. The number of H-pyrrole nitrogens is 1. The van der Waals surface area contributed by atoms with Gasteiger partial charge in [-0.3, -0.25) is 0 Å². The number of nitriles is 3. The Hall–Kier alpha value is -3.34. The Bertz CT molecular complexity index is 857. The van der Waals surface area contributed by atoms with Crippen molar-refractivity contribution in [3.05, 3.63) is 35.3 Å². The number of aromatic amines is 1. The number of anilines is 1. The van der Waals surface area contributed by atoms with Crippen molar-refractivity contribution in [2.45, 2.75) is 25.9 Å². The summed E-state index contributed by atoms with van der Waals surface area (Å²) in [6, 6.07) is 10.4. The zero-order chi connectivity index (χ0) is 16.8. The Balaban J connectivity index is 2.27. The number of allylic oxidation sites excluding steroid dienone is 2. The molecule has 1 unspecified atom stereocenters. The van der Waals surface area contributed by atoms with Crippen LogP contribution in [0.4, 0.5) is 5.69 Å². The van der Waals surface area contributed by atoms with E-state index in [4.69, 9.17) is 15.8 Å². The number of hydrogen-bond acceptors (Lipinski definition) is 6. The number of benzene rings is 1. The Labute approximate surface area is 133 Å². The summed E-state index contributed by atoms with van der Waals surface area (Å²) in [4.78, 5) is 7.56. The van der Waals surface area contributed by atoms with Gasteiger partial charge in [0.1, 0.15) is 29.7 Å². The van der Waals surface area contributed by atoms with Crippen molar-refractivity contribution >= 4 is 16.7 Å². The summed E-state index contributed by atoms with van der Waals surface area (Å²) >= 11 is 0. The van der Waals surface area contributed by atoms with Gasteiger partial charge in [-0.25, -0.2) is 4.98 Å². The number of fused-ring (bicyclic) bond motifs is 1. The molecule has 1 atom stereocenters. The molecule has 1 aromatic carbocycles. The van der Waals surface area contributed by atoms with E-state index in [0.717, 1.165) is 16.9 Å². The molecule has 114 valence electrons. The molecule has 2 aromatic rings. The van der Waals surface area contributed by atoms with Gasteiger partial charge >= 0.3 is 0 Å². The predicted molar refractivity (Wildman–Crippen MR) is 83.6 cm³/mol. The molecule has 23 heavy (non-hydrogen) atoms. The van der Waals surface area contributed by atoms with Crippen LogP contribution >= 0.6 is 0 Å². The van der Waals surface area contributed by atoms with E-state index in [0.29, 0.717) is 18.5 Å². The van der Waals surface area contributed by atoms with Crippen LogP contribution in [-0.4, -0.2) is 21.2 Å². The number of imidazole rings is 1. The van der Waals surface area contributed by atoms with Gasteiger partial charge < -0.3 is 15.4 Å². The van der Waals surface area contributed by atoms with Crippen LogP contribution in [-0.2, 0) is 6.42 Å². The van der Waals surface area contributed by atoms with Crippen molar-refractivity contribution in [3.63, 3.8) is 0 Å². The molecule has 7 nitrogen and oxygen atoms in total. The standard InChI is InChI=1S/C16H14N6O/c1-10(23)2-5-16-21-13-4-3-12(6-14(13)22-16)20-15(9-19)11(7-17)8-18/h3-4,6,10,20,23H,2,5H2,1H3,(H,21,22). The molecular formula is C16H14N6O. The number of aliphatic hydroxyl groups is 1. The molecule has 0 fully saturated rings. The van der Waals surface area contributed by atoms with Crippen LogP contribution in [0.5, 0.6) is 0 Å². The second kappa shape index (κ2) is 7.09. The van der Waals surface area contributed by atoms with E-state index in [1.165, 1.54) is 0 Å². The highest BCUT2D eigenvalue weighted by Gasteiger charge is 2.08. The summed E-state index contributed by atoms with van der Waals surface area (Å²) in [6.45, 7) is 1.72. The van der Waals surface area contributed by atoms with Crippen molar-refractivity contribution < 1.29 is 5.11 Å². The van der Waals surface area contributed by atoms with Crippen molar-refractivity contribution in [1.29, 1.82) is 15.8 Å². The maximum absolute atomic E-state index is 9.32. The molecule has 0 bridgehead atoms. The first kappa shape index (κ1) is 16.0. The van der Waals surface area contributed by atoms with Gasteiger partial charge in [0, 0.05) is 12.1 Å². The molecule has 2 rings (SSSR count). The molecule has 0 amide bonds. The lowest BCUT2D eigenvalue weighted by Crippen LogP contribution is -2.02. The second-order valence-corrected chi connectivity index (χ2v) is 5.01. The topological polar surface area (TPSA) is 132 Å². The van der Waals surface area contributed by atoms with Gasteiger partial charge in [-0.2, -0.15) is 15.8 Å². The minimum atomic E-state index is -0.390. The summed E-state index contributed by atoms with van der Waals surface area (Å²) in [5.74, 6) is 0.767. The highest BCUT2D eigenvalue weighted by molar-refractivity contribution is 5.80. The maximum Gasteiger partial charge on any atom is 0.163 e. The molecule has 0 aliphatic carbocycles. The van der Waals surface area contributed by atoms with Crippen molar-refractivity contribution in [2.75, 3.05) is 5.32 Å². The lowest BCUT2D eigenvalue weighted by atomic mass is 10.2. The van der Waals surface area contributed by atoms with E-state index < -0.39 is 0 Å². The van der Waals surface area contributed by atoms with E-state index in [-0.39, 0.29) is 17.4 Å². The molecule has 0 saturated carbocycles. The van der Waals surface area contributed by atoms with Gasteiger partial charge in [0.25, 0.3) is 0 Å². The maximum atomic E-state index is 9.32. The second-order valence-electron chi connectivity index (χ2n) is 5.01. The number of nitrogens with zero attached hydrogens (tertiary/aromatic N) is 4. The third kappa shape index (κ3) is 3.85. The number of aromatic nitrogens is 2. The van der Waals surface area contributed by atoms with E-state index in [1.807, 2.05) is 6.07 Å². The summed E-state index contributed by atoms with van der Waals surface area (Å²) in [5, 5.41) is 38.8. The molecule has 0 aliphatic heterocycles. The SMILES string of the molecule is CC(O)CCc1nc2ccc(NC(C#N)=C(C#N)C#N)cc2[nH]1. The van der Waals surface area contributed by atoms with Crippen LogP contribution in [0.1, 0.15) is 19.2 Å². The van der Waals surface area contributed by atoms with Gasteiger partial charge in [-0.15, -0.1) is 0 Å².